The van der Waals surface area contributed by atoms with Gasteiger partial charge in [-0.3, -0.25) is 0 Å². The molecule has 1 aromatic rings. The molecule has 0 saturated carbocycles. The Morgan fingerprint density at radius 1 is 1.47 bits per heavy atom. The van der Waals surface area contributed by atoms with E-state index in [1.807, 2.05) is 0 Å². The van der Waals surface area contributed by atoms with Crippen LogP contribution in [-0.4, -0.2) is 13.2 Å². The maximum absolute atomic E-state index is 5.61. The van der Waals surface area contributed by atoms with Gasteiger partial charge in [0, 0.05) is 6.54 Å². The molecule has 0 amide bonds. The third kappa shape index (κ3) is 1.81. The minimum Gasteiger partial charge on any atom is -0.490 e. The lowest BCUT2D eigenvalue weighted by atomic mass is 9.93. The molecule has 15 heavy (non-hydrogen) atoms. The summed E-state index contributed by atoms with van der Waals surface area (Å²) in [6.07, 6.45) is 1.18. The number of hydrogen-bond donors (Lipinski definition) is 1. The first-order valence-electron chi connectivity index (χ1n) is 5.74. The van der Waals surface area contributed by atoms with E-state index in [1.165, 1.54) is 23.2 Å². The zero-order valence-corrected chi connectivity index (χ0v) is 9.76. The first-order valence-corrected chi connectivity index (χ1v) is 5.74. The number of ether oxygens (including phenoxy) is 1. The average Bonchev–Trinajstić information content (AvgIpc) is 2.29. The van der Waals surface area contributed by atoms with Gasteiger partial charge in [0.2, 0.25) is 0 Å². The van der Waals surface area contributed by atoms with Gasteiger partial charge >= 0.3 is 0 Å². The van der Waals surface area contributed by atoms with E-state index in [0.29, 0.717) is 5.92 Å². The zero-order chi connectivity index (χ0) is 10.8. The Labute approximate surface area is 91.6 Å². The van der Waals surface area contributed by atoms with E-state index >= 15 is 0 Å². The minimum absolute atomic E-state index is 0.624. The molecule has 1 aliphatic rings. The molecule has 0 unspecified atom stereocenters. The molecule has 82 valence electrons. The van der Waals surface area contributed by atoms with Crippen LogP contribution in [0.2, 0.25) is 0 Å². The number of rotatable bonds is 2. The van der Waals surface area contributed by atoms with Gasteiger partial charge in [0.25, 0.3) is 0 Å². The number of benzene rings is 1. The van der Waals surface area contributed by atoms with E-state index in [0.717, 1.165) is 18.9 Å². The molecular formula is C13H19NO. The second-order valence-corrected chi connectivity index (χ2v) is 4.24. The molecule has 0 saturated heterocycles. The molecule has 0 bridgehead atoms. The van der Waals surface area contributed by atoms with Crippen LogP contribution in [-0.2, 0) is 0 Å². The molecule has 2 rings (SSSR count). The zero-order valence-electron chi connectivity index (χ0n) is 9.76. The van der Waals surface area contributed by atoms with Crippen molar-refractivity contribution in [1.29, 1.82) is 0 Å². The standard InChI is InChI=1S/C13H19NO/c1-4-9(2)11-5-6-12-13(10(11)3)14-7-8-15-12/h5-6,9,14H,4,7-8H2,1-3H3/t9-/m0/s1. The maximum atomic E-state index is 5.61. The van der Waals surface area contributed by atoms with Gasteiger partial charge < -0.3 is 10.1 Å². The van der Waals surface area contributed by atoms with Crippen molar-refractivity contribution in [2.24, 2.45) is 0 Å². The number of fused-ring (bicyclic) bond motifs is 1. The normalized spacial score (nSPS) is 16.2. The highest BCUT2D eigenvalue weighted by Gasteiger charge is 2.16. The topological polar surface area (TPSA) is 21.3 Å². The Morgan fingerprint density at radius 3 is 3.00 bits per heavy atom. The van der Waals surface area contributed by atoms with Gasteiger partial charge in [0.05, 0.1) is 5.69 Å². The van der Waals surface area contributed by atoms with E-state index in [9.17, 15) is 0 Å². The lowest BCUT2D eigenvalue weighted by molar-refractivity contribution is 0.323. The SMILES string of the molecule is CC[C@H](C)c1ccc2c(c1C)NCCO2. The lowest BCUT2D eigenvalue weighted by Crippen LogP contribution is -2.19. The Balaban J connectivity index is 2.43. The van der Waals surface area contributed by atoms with Gasteiger partial charge in [0.15, 0.2) is 0 Å². The average molecular weight is 205 g/mol. The second-order valence-electron chi connectivity index (χ2n) is 4.24. The first kappa shape index (κ1) is 10.3. The van der Waals surface area contributed by atoms with Crippen LogP contribution >= 0.6 is 0 Å². The predicted molar refractivity (Wildman–Crippen MR) is 63.9 cm³/mol. The minimum atomic E-state index is 0.624. The summed E-state index contributed by atoms with van der Waals surface area (Å²) in [5.74, 6) is 1.63. The van der Waals surface area contributed by atoms with Crippen molar-refractivity contribution >= 4 is 5.69 Å². The Kier molecular flexibility index (Phi) is 2.85. The summed E-state index contributed by atoms with van der Waals surface area (Å²) >= 11 is 0. The van der Waals surface area contributed by atoms with Crippen LogP contribution in [0.1, 0.15) is 37.3 Å². The summed E-state index contributed by atoms with van der Waals surface area (Å²) in [4.78, 5) is 0. The molecule has 0 aromatic heterocycles. The summed E-state index contributed by atoms with van der Waals surface area (Å²) in [5.41, 5.74) is 3.98. The molecule has 1 heterocycles. The first-order chi connectivity index (χ1) is 7.24. The molecule has 1 N–H and O–H groups in total. The summed E-state index contributed by atoms with van der Waals surface area (Å²) in [6, 6.07) is 4.30. The highest BCUT2D eigenvalue weighted by molar-refractivity contribution is 5.65. The fourth-order valence-corrected chi connectivity index (χ4v) is 2.13. The molecule has 2 heteroatoms. The van der Waals surface area contributed by atoms with Crippen LogP contribution in [0.3, 0.4) is 0 Å². The summed E-state index contributed by atoms with van der Waals surface area (Å²) in [6.45, 7) is 8.38. The molecule has 0 radical (unpaired) electrons. The van der Waals surface area contributed by atoms with Crippen LogP contribution in [0.4, 0.5) is 5.69 Å². The molecule has 2 nitrogen and oxygen atoms in total. The van der Waals surface area contributed by atoms with Crippen LogP contribution in [0, 0.1) is 6.92 Å². The lowest BCUT2D eigenvalue weighted by Gasteiger charge is -2.24. The van der Waals surface area contributed by atoms with Crippen LogP contribution in [0.15, 0.2) is 12.1 Å². The summed E-state index contributed by atoms with van der Waals surface area (Å²) in [7, 11) is 0. The number of anilines is 1. The van der Waals surface area contributed by atoms with Gasteiger partial charge in [0.1, 0.15) is 12.4 Å². The quantitative estimate of drug-likeness (QED) is 0.799. The van der Waals surface area contributed by atoms with E-state index in [-0.39, 0.29) is 0 Å². The van der Waals surface area contributed by atoms with E-state index in [4.69, 9.17) is 4.74 Å². The fourth-order valence-electron chi connectivity index (χ4n) is 2.13. The van der Waals surface area contributed by atoms with Crippen LogP contribution in [0.25, 0.3) is 0 Å². The smallest absolute Gasteiger partial charge is 0.142 e. The van der Waals surface area contributed by atoms with E-state index < -0.39 is 0 Å². The summed E-state index contributed by atoms with van der Waals surface area (Å²) < 4.78 is 5.61. The van der Waals surface area contributed by atoms with Crippen molar-refractivity contribution in [2.75, 3.05) is 18.5 Å². The predicted octanol–water partition coefficient (Wildman–Crippen LogP) is 3.31. The molecule has 0 fully saturated rings. The largest absolute Gasteiger partial charge is 0.490 e. The molecule has 0 spiro atoms. The molecular weight excluding hydrogens is 186 g/mol. The Hall–Kier alpha value is -1.18. The molecule has 1 aromatic carbocycles. The van der Waals surface area contributed by atoms with Crippen molar-refractivity contribution in [1.82, 2.24) is 0 Å². The van der Waals surface area contributed by atoms with E-state index in [1.54, 1.807) is 0 Å². The fraction of sp³-hybridized carbons (Fsp3) is 0.538. The van der Waals surface area contributed by atoms with Gasteiger partial charge in [-0.1, -0.05) is 19.9 Å². The third-order valence-electron chi connectivity index (χ3n) is 3.27. The van der Waals surface area contributed by atoms with Gasteiger partial charge in [-0.15, -0.1) is 0 Å². The Bertz CT molecular complexity index is 360. The van der Waals surface area contributed by atoms with Gasteiger partial charge in [-0.2, -0.15) is 0 Å². The third-order valence-corrected chi connectivity index (χ3v) is 3.27. The van der Waals surface area contributed by atoms with Crippen LogP contribution < -0.4 is 10.1 Å². The monoisotopic (exact) mass is 205 g/mol. The second kappa shape index (κ2) is 4.13. The van der Waals surface area contributed by atoms with Gasteiger partial charge in [-0.25, -0.2) is 0 Å². The van der Waals surface area contributed by atoms with Crippen LogP contribution in [0.5, 0.6) is 5.75 Å². The van der Waals surface area contributed by atoms with Crippen molar-refractivity contribution in [3.63, 3.8) is 0 Å². The number of hydrogen-bond acceptors (Lipinski definition) is 2. The highest BCUT2D eigenvalue weighted by Crippen LogP contribution is 2.36. The maximum Gasteiger partial charge on any atom is 0.142 e. The van der Waals surface area contributed by atoms with Crippen molar-refractivity contribution in [2.45, 2.75) is 33.1 Å². The highest BCUT2D eigenvalue weighted by atomic mass is 16.5. The molecule has 0 aliphatic carbocycles. The van der Waals surface area contributed by atoms with Crippen molar-refractivity contribution < 1.29 is 4.74 Å². The van der Waals surface area contributed by atoms with E-state index in [2.05, 4.69) is 38.2 Å². The molecule has 1 aliphatic heterocycles. The Morgan fingerprint density at radius 2 is 2.27 bits per heavy atom. The van der Waals surface area contributed by atoms with Crippen molar-refractivity contribution in [3.05, 3.63) is 23.3 Å². The number of nitrogens with one attached hydrogen (secondary N) is 1. The van der Waals surface area contributed by atoms with Gasteiger partial charge in [-0.05, 0) is 36.5 Å². The summed E-state index contributed by atoms with van der Waals surface area (Å²) in [5, 5.41) is 3.43. The molecule has 1 atom stereocenters. The van der Waals surface area contributed by atoms with Crippen molar-refractivity contribution in [3.8, 4) is 5.75 Å².